The van der Waals surface area contributed by atoms with Crippen LogP contribution in [0.4, 0.5) is 0 Å². The van der Waals surface area contributed by atoms with Gasteiger partial charge in [-0.05, 0) is 62.4 Å². The highest BCUT2D eigenvalue weighted by Gasteiger charge is 2.18. The van der Waals surface area contributed by atoms with Crippen molar-refractivity contribution in [2.24, 2.45) is 5.73 Å². The molecule has 1 aliphatic carbocycles. The number of aliphatic hydroxyl groups is 1. The number of carbonyl (C=O) groups excluding carboxylic acids is 1. The van der Waals surface area contributed by atoms with Gasteiger partial charge in [0.2, 0.25) is 11.8 Å². The number of rotatable bonds is 7. The van der Waals surface area contributed by atoms with Gasteiger partial charge in [-0.1, -0.05) is 12.1 Å². The zero-order chi connectivity index (χ0) is 18.4. The number of hydrogen-bond donors (Lipinski definition) is 3. The molecular weight excluding hydrogens is 330 g/mol. The number of nitrogens with two attached hydrogens (primary N) is 1. The van der Waals surface area contributed by atoms with Crippen LogP contribution in [0, 0.1) is 0 Å². The molecule has 138 valence electrons. The van der Waals surface area contributed by atoms with Crippen molar-refractivity contribution in [2.45, 2.75) is 44.2 Å². The van der Waals surface area contributed by atoms with Crippen LogP contribution in [-0.2, 0) is 6.42 Å². The normalized spacial score (nSPS) is 19.9. The Balaban J connectivity index is 1.45. The molecule has 1 fully saturated rings. The van der Waals surface area contributed by atoms with Gasteiger partial charge in [0.05, 0.1) is 11.7 Å². The molecule has 0 bridgehead atoms. The van der Waals surface area contributed by atoms with E-state index in [1.54, 1.807) is 12.1 Å². The number of ether oxygens (including phenoxy) is 1. The summed E-state index contributed by atoms with van der Waals surface area (Å²) in [6.07, 6.45) is 6.15. The topological polar surface area (TPSA) is 97.5 Å². The number of carbonyl (C=O) groups is 1. The van der Waals surface area contributed by atoms with Crippen LogP contribution in [0.5, 0.6) is 11.6 Å². The predicted octanol–water partition coefficient (Wildman–Crippen LogP) is 2.41. The van der Waals surface area contributed by atoms with Gasteiger partial charge < -0.3 is 20.9 Å². The molecule has 4 N–H and O–H groups in total. The Labute approximate surface area is 153 Å². The van der Waals surface area contributed by atoms with E-state index in [2.05, 4.69) is 10.3 Å². The van der Waals surface area contributed by atoms with E-state index in [0.717, 1.165) is 38.6 Å². The molecule has 1 saturated carbocycles. The average molecular weight is 355 g/mol. The van der Waals surface area contributed by atoms with Gasteiger partial charge in [-0.3, -0.25) is 4.79 Å². The molecular formula is C20H25N3O3. The third kappa shape index (κ3) is 5.28. The standard InChI is InChI=1S/C20H25N3O3/c21-20(25)15-3-10-19(23-13-15)26-18-8-1-14(2-9-18)11-12-22-16-4-6-17(24)7-5-16/h1-3,8-10,13,16-17,22,24H,4-7,11-12H2,(H2,21,25)/t16-,17-. The lowest BCUT2D eigenvalue weighted by atomic mass is 9.93. The maximum Gasteiger partial charge on any atom is 0.250 e. The van der Waals surface area contributed by atoms with E-state index in [0.29, 0.717) is 23.2 Å². The highest BCUT2D eigenvalue weighted by Crippen LogP contribution is 2.21. The second-order valence-corrected chi connectivity index (χ2v) is 6.70. The average Bonchev–Trinajstić information content (AvgIpc) is 2.65. The number of amides is 1. The SMILES string of the molecule is NC(=O)c1ccc(Oc2ccc(CCN[C@H]3CC[C@H](O)CC3)cc2)nc1. The molecule has 0 spiro atoms. The molecule has 3 rings (SSSR count). The first-order chi connectivity index (χ1) is 12.6. The summed E-state index contributed by atoms with van der Waals surface area (Å²) in [7, 11) is 0. The molecule has 0 aliphatic heterocycles. The number of nitrogens with zero attached hydrogens (tertiary/aromatic N) is 1. The third-order valence-electron chi connectivity index (χ3n) is 4.71. The van der Waals surface area contributed by atoms with Crippen molar-refractivity contribution >= 4 is 5.91 Å². The Kier molecular flexibility index (Phi) is 6.20. The number of aliphatic hydroxyl groups excluding tert-OH is 1. The van der Waals surface area contributed by atoms with Crippen LogP contribution in [0.15, 0.2) is 42.6 Å². The zero-order valence-electron chi connectivity index (χ0n) is 14.7. The van der Waals surface area contributed by atoms with Crippen LogP contribution in [0.3, 0.4) is 0 Å². The monoisotopic (exact) mass is 355 g/mol. The van der Waals surface area contributed by atoms with Crippen LogP contribution < -0.4 is 15.8 Å². The Hall–Kier alpha value is -2.44. The predicted molar refractivity (Wildman–Crippen MR) is 99.2 cm³/mol. The molecule has 1 amide bonds. The van der Waals surface area contributed by atoms with Gasteiger partial charge in [-0.25, -0.2) is 4.98 Å². The van der Waals surface area contributed by atoms with E-state index in [1.807, 2.05) is 24.3 Å². The summed E-state index contributed by atoms with van der Waals surface area (Å²) in [5.41, 5.74) is 6.78. The number of hydrogen-bond acceptors (Lipinski definition) is 5. The summed E-state index contributed by atoms with van der Waals surface area (Å²) in [5.74, 6) is 0.609. The molecule has 1 aromatic heterocycles. The number of benzene rings is 1. The minimum Gasteiger partial charge on any atom is -0.439 e. The zero-order valence-corrected chi connectivity index (χ0v) is 14.7. The van der Waals surface area contributed by atoms with Crippen molar-refractivity contribution in [2.75, 3.05) is 6.54 Å². The maximum atomic E-state index is 11.0. The number of pyridine rings is 1. The van der Waals surface area contributed by atoms with Crippen LogP contribution >= 0.6 is 0 Å². The largest absolute Gasteiger partial charge is 0.439 e. The molecule has 1 aliphatic rings. The van der Waals surface area contributed by atoms with Crippen LogP contribution in [0.1, 0.15) is 41.6 Å². The van der Waals surface area contributed by atoms with E-state index in [1.165, 1.54) is 11.8 Å². The highest BCUT2D eigenvalue weighted by atomic mass is 16.5. The Morgan fingerprint density at radius 2 is 1.88 bits per heavy atom. The Morgan fingerprint density at radius 1 is 1.15 bits per heavy atom. The molecule has 0 atom stereocenters. The minimum atomic E-state index is -0.508. The third-order valence-corrected chi connectivity index (χ3v) is 4.71. The molecule has 26 heavy (non-hydrogen) atoms. The summed E-state index contributed by atoms with van der Waals surface area (Å²) in [4.78, 5) is 15.1. The van der Waals surface area contributed by atoms with Crippen molar-refractivity contribution in [1.29, 1.82) is 0 Å². The van der Waals surface area contributed by atoms with Crippen LogP contribution in [0.2, 0.25) is 0 Å². The smallest absolute Gasteiger partial charge is 0.250 e. The summed E-state index contributed by atoms with van der Waals surface area (Å²) >= 11 is 0. The van der Waals surface area contributed by atoms with Gasteiger partial charge >= 0.3 is 0 Å². The fourth-order valence-electron chi connectivity index (χ4n) is 3.13. The minimum absolute atomic E-state index is 0.109. The van der Waals surface area contributed by atoms with Gasteiger partial charge in [0.1, 0.15) is 5.75 Å². The van der Waals surface area contributed by atoms with Crippen molar-refractivity contribution in [3.05, 3.63) is 53.7 Å². The van der Waals surface area contributed by atoms with Gasteiger partial charge in [-0.15, -0.1) is 0 Å². The van der Waals surface area contributed by atoms with Gasteiger partial charge in [0.15, 0.2) is 0 Å². The van der Waals surface area contributed by atoms with Crippen molar-refractivity contribution in [1.82, 2.24) is 10.3 Å². The molecule has 6 heteroatoms. The van der Waals surface area contributed by atoms with Crippen molar-refractivity contribution in [3.63, 3.8) is 0 Å². The molecule has 2 aromatic rings. The van der Waals surface area contributed by atoms with Gasteiger partial charge in [-0.2, -0.15) is 0 Å². The lowest BCUT2D eigenvalue weighted by Crippen LogP contribution is -2.35. The van der Waals surface area contributed by atoms with Crippen LogP contribution in [0.25, 0.3) is 0 Å². The lowest BCUT2D eigenvalue weighted by Gasteiger charge is -2.26. The van der Waals surface area contributed by atoms with Crippen molar-refractivity contribution < 1.29 is 14.6 Å². The van der Waals surface area contributed by atoms with E-state index in [-0.39, 0.29) is 6.10 Å². The summed E-state index contributed by atoms with van der Waals surface area (Å²) in [5, 5.41) is 13.1. The van der Waals surface area contributed by atoms with Crippen LogP contribution in [-0.4, -0.2) is 34.7 Å². The molecule has 6 nitrogen and oxygen atoms in total. The van der Waals surface area contributed by atoms with E-state index >= 15 is 0 Å². The Bertz CT molecular complexity index is 708. The van der Waals surface area contributed by atoms with E-state index in [9.17, 15) is 9.90 Å². The summed E-state index contributed by atoms with van der Waals surface area (Å²) in [6.45, 7) is 0.928. The number of nitrogens with one attached hydrogen (secondary N) is 1. The van der Waals surface area contributed by atoms with Gasteiger partial charge in [0, 0.05) is 18.3 Å². The molecule has 0 radical (unpaired) electrons. The summed E-state index contributed by atoms with van der Waals surface area (Å²) in [6, 6.07) is 11.6. The number of aromatic nitrogens is 1. The van der Waals surface area contributed by atoms with Crippen molar-refractivity contribution in [3.8, 4) is 11.6 Å². The molecule has 1 aromatic carbocycles. The fraction of sp³-hybridized carbons (Fsp3) is 0.400. The number of primary amides is 1. The van der Waals surface area contributed by atoms with E-state index < -0.39 is 5.91 Å². The second kappa shape index (κ2) is 8.78. The van der Waals surface area contributed by atoms with E-state index in [4.69, 9.17) is 10.5 Å². The molecule has 1 heterocycles. The first kappa shape index (κ1) is 18.4. The summed E-state index contributed by atoms with van der Waals surface area (Å²) < 4.78 is 5.68. The lowest BCUT2D eigenvalue weighted by molar-refractivity contribution is 0.1000. The first-order valence-corrected chi connectivity index (χ1v) is 9.04. The quantitative estimate of drug-likeness (QED) is 0.708. The first-order valence-electron chi connectivity index (χ1n) is 9.04. The maximum absolute atomic E-state index is 11.0. The Morgan fingerprint density at radius 3 is 2.50 bits per heavy atom. The molecule has 0 unspecified atom stereocenters. The molecule has 0 saturated heterocycles. The van der Waals surface area contributed by atoms with Gasteiger partial charge in [0.25, 0.3) is 0 Å². The second-order valence-electron chi connectivity index (χ2n) is 6.70. The highest BCUT2D eigenvalue weighted by molar-refractivity contribution is 5.92. The fourth-order valence-corrected chi connectivity index (χ4v) is 3.13.